The Hall–Kier alpha value is -3.98. The van der Waals surface area contributed by atoms with Crippen molar-refractivity contribution in [3.05, 3.63) is 99.9 Å². The fraction of sp³-hybridized carbons (Fsp3) is 0.333. The molecule has 0 atom stereocenters. The number of aryl methyl sites for hydroxylation is 1. The molecule has 2 fully saturated rings. The first-order valence-electron chi connectivity index (χ1n) is 12.6. The molecule has 2 aromatic carbocycles. The molecular weight excluding hydrogens is 448 g/mol. The van der Waals surface area contributed by atoms with Gasteiger partial charge in [-0.1, -0.05) is 18.2 Å². The summed E-state index contributed by atoms with van der Waals surface area (Å²) in [5.74, 6) is 0.411. The van der Waals surface area contributed by atoms with Gasteiger partial charge in [-0.2, -0.15) is 5.26 Å². The van der Waals surface area contributed by atoms with Crippen LogP contribution in [0.3, 0.4) is 0 Å². The summed E-state index contributed by atoms with van der Waals surface area (Å²) in [6.45, 7) is 3.49. The lowest BCUT2D eigenvalue weighted by atomic mass is 9.88. The Labute approximate surface area is 212 Å². The third kappa shape index (κ3) is 5.46. The zero-order valence-electron chi connectivity index (χ0n) is 20.5. The van der Waals surface area contributed by atoms with E-state index in [-0.39, 0.29) is 11.8 Å². The molecule has 1 aliphatic heterocycles. The molecule has 2 heterocycles. The van der Waals surface area contributed by atoms with Gasteiger partial charge >= 0.3 is 0 Å². The third-order valence-corrected chi connectivity index (χ3v) is 7.26. The number of likely N-dealkylation sites (tertiary alicyclic amines) is 1. The highest BCUT2D eigenvalue weighted by molar-refractivity contribution is 5.95. The lowest BCUT2D eigenvalue weighted by Crippen LogP contribution is -2.38. The smallest absolute Gasteiger partial charge is 0.253 e. The number of nitriles is 1. The first-order valence-corrected chi connectivity index (χ1v) is 12.6. The number of amides is 2. The van der Waals surface area contributed by atoms with Crippen molar-refractivity contribution < 1.29 is 9.59 Å². The van der Waals surface area contributed by atoms with Crippen molar-refractivity contribution in [2.45, 2.75) is 51.0 Å². The minimum Gasteiger partial charge on any atom is -0.349 e. The summed E-state index contributed by atoms with van der Waals surface area (Å²) in [6.07, 6.45) is 6.19. The highest BCUT2D eigenvalue weighted by Gasteiger charge is 2.25. The largest absolute Gasteiger partial charge is 0.349 e. The van der Waals surface area contributed by atoms with Crippen molar-refractivity contribution >= 4 is 11.8 Å². The average molecular weight is 479 g/mol. The number of aromatic nitrogens is 1. The van der Waals surface area contributed by atoms with E-state index in [0.29, 0.717) is 35.1 Å². The molecule has 6 heteroatoms. The van der Waals surface area contributed by atoms with Crippen LogP contribution in [-0.2, 0) is 6.42 Å². The SMILES string of the molecule is Cc1ccc(C(=O)N2CCC(c3ccc(C#N)cc3)CC2)cc1Cc1ccc(C(=O)NC2CC2)cn1. The van der Waals surface area contributed by atoms with Crippen LogP contribution in [0.25, 0.3) is 0 Å². The maximum atomic E-state index is 13.3. The molecular formula is C30H30N4O2. The Kier molecular flexibility index (Phi) is 6.81. The Morgan fingerprint density at radius 1 is 1.00 bits per heavy atom. The van der Waals surface area contributed by atoms with Gasteiger partial charge in [-0.15, -0.1) is 0 Å². The first kappa shape index (κ1) is 23.7. The van der Waals surface area contributed by atoms with Crippen molar-refractivity contribution in [2.24, 2.45) is 0 Å². The number of pyridine rings is 1. The van der Waals surface area contributed by atoms with Gasteiger partial charge in [-0.05, 0) is 91.6 Å². The molecule has 0 spiro atoms. The second-order valence-electron chi connectivity index (χ2n) is 9.90. The lowest BCUT2D eigenvalue weighted by molar-refractivity contribution is 0.0712. The quantitative estimate of drug-likeness (QED) is 0.553. The highest BCUT2D eigenvalue weighted by atomic mass is 16.2. The molecule has 1 aromatic heterocycles. The second-order valence-corrected chi connectivity index (χ2v) is 9.90. The van der Waals surface area contributed by atoms with Crippen LogP contribution >= 0.6 is 0 Å². The number of carbonyl (C=O) groups excluding carboxylic acids is 2. The van der Waals surface area contributed by atoms with Crippen LogP contribution in [0.2, 0.25) is 0 Å². The van der Waals surface area contributed by atoms with E-state index in [1.807, 2.05) is 66.4 Å². The van der Waals surface area contributed by atoms with Gasteiger partial charge < -0.3 is 10.2 Å². The van der Waals surface area contributed by atoms with E-state index in [1.165, 1.54) is 5.56 Å². The predicted molar refractivity (Wildman–Crippen MR) is 138 cm³/mol. The molecule has 6 nitrogen and oxygen atoms in total. The van der Waals surface area contributed by atoms with Crippen LogP contribution in [0.1, 0.15) is 80.3 Å². The van der Waals surface area contributed by atoms with E-state index in [2.05, 4.69) is 16.4 Å². The Balaban J connectivity index is 1.21. The zero-order valence-corrected chi connectivity index (χ0v) is 20.5. The summed E-state index contributed by atoms with van der Waals surface area (Å²) in [6, 6.07) is 19.9. The fourth-order valence-corrected chi connectivity index (χ4v) is 4.78. The van der Waals surface area contributed by atoms with Crippen molar-refractivity contribution in [2.75, 3.05) is 13.1 Å². The predicted octanol–water partition coefficient (Wildman–Crippen LogP) is 4.76. The number of piperidine rings is 1. The number of nitrogens with one attached hydrogen (secondary N) is 1. The molecule has 1 N–H and O–H groups in total. The molecule has 0 radical (unpaired) electrons. The Morgan fingerprint density at radius 3 is 2.36 bits per heavy atom. The fourth-order valence-electron chi connectivity index (χ4n) is 4.78. The maximum absolute atomic E-state index is 13.3. The summed E-state index contributed by atoms with van der Waals surface area (Å²) in [5.41, 5.74) is 6.24. The summed E-state index contributed by atoms with van der Waals surface area (Å²) in [5, 5.41) is 12.0. The summed E-state index contributed by atoms with van der Waals surface area (Å²) in [7, 11) is 0. The van der Waals surface area contributed by atoms with Gasteiger partial charge in [0.2, 0.25) is 0 Å². The van der Waals surface area contributed by atoms with Crippen LogP contribution in [0.5, 0.6) is 0 Å². The number of hydrogen-bond acceptors (Lipinski definition) is 4. The summed E-state index contributed by atoms with van der Waals surface area (Å²) >= 11 is 0. The second kappa shape index (κ2) is 10.3. The molecule has 182 valence electrons. The summed E-state index contributed by atoms with van der Waals surface area (Å²) < 4.78 is 0. The van der Waals surface area contributed by atoms with Gasteiger partial charge in [-0.3, -0.25) is 14.6 Å². The minimum atomic E-state index is -0.0664. The Bertz CT molecular complexity index is 1300. The van der Waals surface area contributed by atoms with E-state index >= 15 is 0 Å². The van der Waals surface area contributed by atoms with E-state index in [9.17, 15) is 9.59 Å². The molecule has 1 saturated carbocycles. The van der Waals surface area contributed by atoms with Crippen LogP contribution in [0.15, 0.2) is 60.8 Å². The van der Waals surface area contributed by atoms with Gasteiger partial charge in [0.05, 0.1) is 17.2 Å². The summed E-state index contributed by atoms with van der Waals surface area (Å²) in [4.78, 5) is 31.9. The monoisotopic (exact) mass is 478 g/mol. The van der Waals surface area contributed by atoms with E-state index in [4.69, 9.17) is 5.26 Å². The number of benzene rings is 2. The molecule has 0 bridgehead atoms. The molecule has 2 aliphatic rings. The van der Waals surface area contributed by atoms with Crippen molar-refractivity contribution in [1.29, 1.82) is 5.26 Å². The van der Waals surface area contributed by atoms with Gasteiger partial charge in [-0.25, -0.2) is 0 Å². The van der Waals surface area contributed by atoms with Crippen LogP contribution in [0.4, 0.5) is 0 Å². The number of rotatable bonds is 6. The third-order valence-electron chi connectivity index (χ3n) is 7.26. The van der Waals surface area contributed by atoms with Crippen LogP contribution in [-0.4, -0.2) is 40.8 Å². The first-order chi connectivity index (χ1) is 17.5. The van der Waals surface area contributed by atoms with Crippen LogP contribution < -0.4 is 5.32 Å². The van der Waals surface area contributed by atoms with Gasteiger partial charge in [0.1, 0.15) is 0 Å². The van der Waals surface area contributed by atoms with Gasteiger partial charge in [0, 0.05) is 43.0 Å². The van der Waals surface area contributed by atoms with E-state index in [1.54, 1.807) is 6.20 Å². The number of hydrogen-bond donors (Lipinski definition) is 1. The molecule has 5 rings (SSSR count). The normalized spacial score (nSPS) is 15.8. The molecule has 36 heavy (non-hydrogen) atoms. The number of carbonyl (C=O) groups is 2. The van der Waals surface area contributed by atoms with Gasteiger partial charge in [0.25, 0.3) is 11.8 Å². The standard InChI is InChI=1S/C30H30N4O2/c1-20-2-5-24(16-26(20)17-28-9-8-25(19-32-28)29(35)33-27-10-11-27)30(36)34-14-12-23(13-15-34)22-6-3-21(18-31)4-7-22/h2-9,16,19,23,27H,10-15,17H2,1H3,(H,33,35). The van der Waals surface area contributed by atoms with Gasteiger partial charge in [0.15, 0.2) is 0 Å². The van der Waals surface area contributed by atoms with E-state index < -0.39 is 0 Å². The van der Waals surface area contributed by atoms with Crippen molar-refractivity contribution in [1.82, 2.24) is 15.2 Å². The Morgan fingerprint density at radius 2 is 1.72 bits per heavy atom. The van der Waals surface area contributed by atoms with Crippen molar-refractivity contribution in [3.8, 4) is 6.07 Å². The minimum absolute atomic E-state index is 0.0644. The van der Waals surface area contributed by atoms with E-state index in [0.717, 1.165) is 55.6 Å². The number of nitrogens with zero attached hydrogens (tertiary/aromatic N) is 3. The van der Waals surface area contributed by atoms with Crippen LogP contribution in [0, 0.1) is 18.3 Å². The van der Waals surface area contributed by atoms with Crippen molar-refractivity contribution in [3.63, 3.8) is 0 Å². The molecule has 3 aromatic rings. The lowest BCUT2D eigenvalue weighted by Gasteiger charge is -2.32. The topological polar surface area (TPSA) is 86.1 Å². The maximum Gasteiger partial charge on any atom is 0.253 e. The molecule has 2 amide bonds. The molecule has 0 unspecified atom stereocenters. The molecule has 1 aliphatic carbocycles. The highest BCUT2D eigenvalue weighted by Crippen LogP contribution is 2.29. The average Bonchev–Trinajstić information content (AvgIpc) is 3.74. The zero-order chi connectivity index (χ0) is 25.1. The molecule has 1 saturated heterocycles.